The summed E-state index contributed by atoms with van der Waals surface area (Å²) >= 11 is 10.7. The van der Waals surface area contributed by atoms with Crippen LogP contribution in [0, 0.1) is 4.77 Å². The fourth-order valence-electron chi connectivity index (χ4n) is 1.36. The van der Waals surface area contributed by atoms with Crippen LogP contribution in [0.1, 0.15) is 5.56 Å². The minimum Gasteiger partial charge on any atom is -0.381 e. The molecule has 1 aromatic heterocycles. The molecule has 0 radical (unpaired) electrons. The number of benzene rings is 1. The second-order valence-corrected chi connectivity index (χ2v) is 4.31. The van der Waals surface area contributed by atoms with E-state index in [1.165, 1.54) is 0 Å². The number of halogens is 1. The van der Waals surface area contributed by atoms with Crippen LogP contribution in [0.4, 0.5) is 5.69 Å². The first-order chi connectivity index (χ1) is 8.15. The van der Waals surface area contributed by atoms with E-state index in [9.17, 15) is 4.79 Å². The first-order valence-corrected chi connectivity index (χ1v) is 5.74. The Balaban J connectivity index is 2.12. The average Bonchev–Trinajstić information content (AvgIpc) is 2.28. The summed E-state index contributed by atoms with van der Waals surface area (Å²) in [7, 11) is 0. The van der Waals surface area contributed by atoms with Gasteiger partial charge in [0.05, 0.1) is 5.56 Å². The van der Waals surface area contributed by atoms with Gasteiger partial charge in [-0.1, -0.05) is 17.7 Å². The third-order valence-corrected chi connectivity index (χ3v) is 2.66. The maximum absolute atomic E-state index is 11.5. The maximum Gasteiger partial charge on any atom is 0.256 e. The largest absolute Gasteiger partial charge is 0.381 e. The van der Waals surface area contributed by atoms with E-state index >= 15 is 0 Å². The maximum atomic E-state index is 11.5. The van der Waals surface area contributed by atoms with E-state index < -0.39 is 0 Å². The molecule has 0 bridgehead atoms. The Morgan fingerprint density at radius 2 is 2.24 bits per heavy atom. The zero-order chi connectivity index (χ0) is 12.3. The Hall–Kier alpha value is -1.59. The van der Waals surface area contributed by atoms with E-state index in [-0.39, 0.29) is 5.56 Å². The number of rotatable bonds is 3. The van der Waals surface area contributed by atoms with Crippen LogP contribution in [0.25, 0.3) is 0 Å². The van der Waals surface area contributed by atoms with Crippen LogP contribution in [0.15, 0.2) is 35.3 Å². The van der Waals surface area contributed by atoms with E-state index in [1.807, 2.05) is 12.1 Å². The van der Waals surface area contributed by atoms with Crippen LogP contribution in [0.5, 0.6) is 0 Å². The van der Waals surface area contributed by atoms with Gasteiger partial charge in [-0.25, -0.2) is 0 Å². The summed E-state index contributed by atoms with van der Waals surface area (Å²) in [5.74, 6) is 0. The summed E-state index contributed by atoms with van der Waals surface area (Å²) in [6, 6.07) is 7.30. The molecule has 0 spiro atoms. The SMILES string of the molecule is O=c1[nH]c(=S)[nH]cc1CNc1cccc(Cl)c1. The van der Waals surface area contributed by atoms with Crippen molar-refractivity contribution in [2.75, 3.05) is 5.32 Å². The normalized spacial score (nSPS) is 10.2. The molecular formula is C11H10ClN3OS. The Morgan fingerprint density at radius 1 is 1.41 bits per heavy atom. The second kappa shape index (κ2) is 5.16. The predicted octanol–water partition coefficient (Wildman–Crippen LogP) is 2.70. The summed E-state index contributed by atoms with van der Waals surface area (Å²) in [5, 5.41) is 3.75. The quantitative estimate of drug-likeness (QED) is 0.750. The average molecular weight is 268 g/mol. The monoisotopic (exact) mass is 267 g/mol. The Kier molecular flexibility index (Phi) is 3.61. The molecule has 0 unspecified atom stereocenters. The molecule has 0 amide bonds. The summed E-state index contributed by atoms with van der Waals surface area (Å²) in [6.45, 7) is 0.405. The van der Waals surface area contributed by atoms with Gasteiger partial charge in [-0.15, -0.1) is 0 Å². The third-order valence-electron chi connectivity index (χ3n) is 2.20. The first kappa shape index (κ1) is 11.9. The molecule has 0 aliphatic heterocycles. The van der Waals surface area contributed by atoms with Crippen molar-refractivity contribution in [1.29, 1.82) is 0 Å². The fourth-order valence-corrected chi connectivity index (χ4v) is 1.71. The highest BCUT2D eigenvalue weighted by atomic mass is 35.5. The van der Waals surface area contributed by atoms with Gasteiger partial charge in [-0.3, -0.25) is 9.78 Å². The molecule has 2 rings (SSSR count). The summed E-state index contributed by atoms with van der Waals surface area (Å²) in [4.78, 5) is 16.8. The number of hydrogen-bond donors (Lipinski definition) is 3. The van der Waals surface area contributed by atoms with Crippen molar-refractivity contribution in [1.82, 2.24) is 9.97 Å². The topological polar surface area (TPSA) is 60.7 Å². The van der Waals surface area contributed by atoms with E-state index in [0.717, 1.165) is 5.69 Å². The lowest BCUT2D eigenvalue weighted by Gasteiger charge is -2.05. The fraction of sp³-hybridized carbons (Fsp3) is 0.0909. The zero-order valence-corrected chi connectivity index (χ0v) is 10.4. The molecule has 6 heteroatoms. The lowest BCUT2D eigenvalue weighted by atomic mass is 10.3. The number of nitrogens with one attached hydrogen (secondary N) is 3. The van der Waals surface area contributed by atoms with E-state index in [2.05, 4.69) is 15.3 Å². The van der Waals surface area contributed by atoms with Gasteiger partial charge in [0.2, 0.25) is 0 Å². The van der Waals surface area contributed by atoms with Crippen molar-refractivity contribution in [3.63, 3.8) is 0 Å². The molecule has 88 valence electrons. The van der Waals surface area contributed by atoms with E-state index in [4.69, 9.17) is 23.8 Å². The molecule has 0 saturated carbocycles. The van der Waals surface area contributed by atoms with Crippen molar-refractivity contribution in [3.05, 3.63) is 56.2 Å². The van der Waals surface area contributed by atoms with Gasteiger partial charge >= 0.3 is 0 Å². The highest BCUT2D eigenvalue weighted by Crippen LogP contribution is 2.15. The summed E-state index contributed by atoms with van der Waals surface area (Å²) < 4.78 is 0.321. The molecule has 2 aromatic rings. The molecule has 0 aliphatic carbocycles. The molecule has 0 saturated heterocycles. The van der Waals surface area contributed by atoms with Crippen LogP contribution in [0.2, 0.25) is 5.02 Å². The van der Waals surface area contributed by atoms with Gasteiger partial charge in [0, 0.05) is 23.5 Å². The second-order valence-electron chi connectivity index (χ2n) is 3.46. The number of H-pyrrole nitrogens is 2. The smallest absolute Gasteiger partial charge is 0.256 e. The Bertz CT molecular complexity index is 635. The van der Waals surface area contributed by atoms with Crippen LogP contribution in [0.3, 0.4) is 0 Å². The number of hydrogen-bond acceptors (Lipinski definition) is 3. The van der Waals surface area contributed by atoms with Crippen molar-refractivity contribution in [3.8, 4) is 0 Å². The van der Waals surface area contributed by atoms with Gasteiger partial charge in [0.1, 0.15) is 0 Å². The molecule has 1 heterocycles. The van der Waals surface area contributed by atoms with E-state index in [1.54, 1.807) is 18.3 Å². The third kappa shape index (κ3) is 3.18. The first-order valence-electron chi connectivity index (χ1n) is 4.95. The van der Waals surface area contributed by atoms with Crippen molar-refractivity contribution in [2.45, 2.75) is 6.54 Å². The molecular weight excluding hydrogens is 258 g/mol. The van der Waals surface area contributed by atoms with Crippen LogP contribution in [-0.2, 0) is 6.54 Å². The Labute approximate surface area is 108 Å². The number of aromatic amines is 2. The number of aromatic nitrogens is 2. The number of anilines is 1. The van der Waals surface area contributed by atoms with Gasteiger partial charge in [0.15, 0.2) is 4.77 Å². The van der Waals surface area contributed by atoms with Gasteiger partial charge in [-0.2, -0.15) is 0 Å². The highest BCUT2D eigenvalue weighted by Gasteiger charge is 1.99. The van der Waals surface area contributed by atoms with Gasteiger partial charge in [0.25, 0.3) is 5.56 Å². The molecule has 17 heavy (non-hydrogen) atoms. The van der Waals surface area contributed by atoms with Crippen LogP contribution in [-0.4, -0.2) is 9.97 Å². The minimum absolute atomic E-state index is 0.191. The summed E-state index contributed by atoms with van der Waals surface area (Å²) in [6.07, 6.45) is 1.60. The van der Waals surface area contributed by atoms with Crippen LogP contribution < -0.4 is 10.9 Å². The minimum atomic E-state index is -0.191. The lowest BCUT2D eigenvalue weighted by Crippen LogP contribution is -2.16. The Morgan fingerprint density at radius 3 is 2.94 bits per heavy atom. The van der Waals surface area contributed by atoms with Crippen molar-refractivity contribution in [2.24, 2.45) is 0 Å². The predicted molar refractivity (Wildman–Crippen MR) is 71.0 cm³/mol. The molecule has 0 atom stereocenters. The standard InChI is InChI=1S/C11H10ClN3OS/c12-8-2-1-3-9(4-8)13-5-7-6-14-11(17)15-10(7)16/h1-4,6,13H,5H2,(H2,14,15,16,17). The lowest BCUT2D eigenvalue weighted by molar-refractivity contribution is 0.995. The van der Waals surface area contributed by atoms with Crippen molar-refractivity contribution >= 4 is 29.5 Å². The summed E-state index contributed by atoms with van der Waals surface area (Å²) in [5.41, 5.74) is 1.25. The van der Waals surface area contributed by atoms with Crippen LogP contribution >= 0.6 is 23.8 Å². The highest BCUT2D eigenvalue weighted by molar-refractivity contribution is 7.71. The van der Waals surface area contributed by atoms with Gasteiger partial charge < -0.3 is 10.3 Å². The zero-order valence-electron chi connectivity index (χ0n) is 8.79. The van der Waals surface area contributed by atoms with E-state index in [0.29, 0.717) is 21.9 Å². The van der Waals surface area contributed by atoms with Gasteiger partial charge in [-0.05, 0) is 30.4 Å². The molecule has 1 aromatic carbocycles. The van der Waals surface area contributed by atoms with Crippen molar-refractivity contribution < 1.29 is 0 Å². The molecule has 4 nitrogen and oxygen atoms in total. The molecule has 0 fully saturated rings. The molecule has 0 aliphatic rings. The molecule has 3 N–H and O–H groups in total.